The van der Waals surface area contributed by atoms with Crippen LogP contribution in [0.1, 0.15) is 47.3 Å². The molecule has 1 saturated heterocycles. The molecule has 0 bridgehead atoms. The molecule has 2 aromatic heterocycles. The number of piperidine rings is 1. The predicted octanol–water partition coefficient (Wildman–Crippen LogP) is 3.63. The van der Waals surface area contributed by atoms with Gasteiger partial charge in [-0.3, -0.25) is 19.6 Å². The van der Waals surface area contributed by atoms with E-state index in [0.29, 0.717) is 18.0 Å². The molecule has 3 aromatic rings. The van der Waals surface area contributed by atoms with Crippen LogP contribution in [0.5, 0.6) is 0 Å². The van der Waals surface area contributed by atoms with Crippen LogP contribution in [0.3, 0.4) is 0 Å². The summed E-state index contributed by atoms with van der Waals surface area (Å²) in [5.74, 6) is 0.425. The van der Waals surface area contributed by atoms with Gasteiger partial charge in [-0.25, -0.2) is 0 Å². The van der Waals surface area contributed by atoms with Crippen molar-refractivity contribution in [1.29, 1.82) is 0 Å². The fourth-order valence-electron chi connectivity index (χ4n) is 4.05. The minimum Gasteiger partial charge on any atom is -0.343 e. The normalized spacial score (nSPS) is 14.7. The predicted molar refractivity (Wildman–Crippen MR) is 116 cm³/mol. The maximum atomic E-state index is 12.8. The summed E-state index contributed by atoms with van der Waals surface area (Å²) in [5, 5.41) is 1.07. The molecular weight excluding hydrogens is 376 g/mol. The van der Waals surface area contributed by atoms with Crippen molar-refractivity contribution in [3.63, 3.8) is 0 Å². The Morgan fingerprint density at radius 1 is 1.10 bits per heavy atom. The summed E-state index contributed by atoms with van der Waals surface area (Å²) in [6.07, 6.45) is 5.28. The first-order chi connectivity index (χ1) is 14.5. The molecule has 6 heteroatoms. The third-order valence-corrected chi connectivity index (χ3v) is 5.83. The molecular formula is C24H26N4O2. The van der Waals surface area contributed by atoms with Crippen molar-refractivity contribution in [2.24, 2.45) is 0 Å². The SMILES string of the molecule is CC(=O)N1CCC(c2ccc(C(=O)N(C)Cc3ccc4ncccc4c3)cn2)CC1. The van der Waals surface area contributed by atoms with Gasteiger partial charge < -0.3 is 9.80 Å². The second kappa shape index (κ2) is 8.61. The van der Waals surface area contributed by atoms with E-state index in [1.165, 1.54) is 0 Å². The molecule has 0 spiro atoms. The Bertz CT molecular complexity index is 1060. The van der Waals surface area contributed by atoms with E-state index in [1.54, 1.807) is 31.3 Å². The second-order valence-electron chi connectivity index (χ2n) is 7.94. The zero-order valence-corrected chi connectivity index (χ0v) is 17.4. The van der Waals surface area contributed by atoms with Crippen molar-refractivity contribution in [1.82, 2.24) is 19.8 Å². The van der Waals surface area contributed by atoms with Gasteiger partial charge in [-0.2, -0.15) is 0 Å². The number of carbonyl (C=O) groups is 2. The fraction of sp³-hybridized carbons (Fsp3) is 0.333. The number of likely N-dealkylation sites (tertiary alicyclic amines) is 1. The van der Waals surface area contributed by atoms with E-state index in [1.807, 2.05) is 41.3 Å². The Morgan fingerprint density at radius 2 is 1.90 bits per heavy atom. The van der Waals surface area contributed by atoms with Crippen LogP contribution >= 0.6 is 0 Å². The van der Waals surface area contributed by atoms with Crippen molar-refractivity contribution < 1.29 is 9.59 Å². The summed E-state index contributed by atoms with van der Waals surface area (Å²) in [7, 11) is 1.81. The number of fused-ring (bicyclic) bond motifs is 1. The van der Waals surface area contributed by atoms with E-state index in [-0.39, 0.29) is 11.8 Å². The van der Waals surface area contributed by atoms with Gasteiger partial charge in [0.15, 0.2) is 0 Å². The van der Waals surface area contributed by atoms with Gasteiger partial charge in [0, 0.05) is 63.0 Å². The number of hydrogen-bond acceptors (Lipinski definition) is 4. The molecule has 0 atom stereocenters. The third kappa shape index (κ3) is 4.32. The summed E-state index contributed by atoms with van der Waals surface area (Å²) < 4.78 is 0. The van der Waals surface area contributed by atoms with Crippen LogP contribution in [0.4, 0.5) is 0 Å². The highest BCUT2D eigenvalue weighted by molar-refractivity contribution is 5.93. The monoisotopic (exact) mass is 402 g/mol. The number of pyridine rings is 2. The summed E-state index contributed by atoms with van der Waals surface area (Å²) in [6, 6.07) is 13.8. The highest BCUT2D eigenvalue weighted by Crippen LogP contribution is 2.27. The second-order valence-corrected chi connectivity index (χ2v) is 7.94. The molecule has 1 aromatic carbocycles. The third-order valence-electron chi connectivity index (χ3n) is 5.83. The zero-order valence-electron chi connectivity index (χ0n) is 17.4. The van der Waals surface area contributed by atoms with Gasteiger partial charge in [0.25, 0.3) is 5.91 Å². The number of rotatable bonds is 4. The molecule has 0 unspecified atom stereocenters. The summed E-state index contributed by atoms with van der Waals surface area (Å²) >= 11 is 0. The van der Waals surface area contributed by atoms with Crippen LogP contribution in [0.2, 0.25) is 0 Å². The van der Waals surface area contributed by atoms with Crippen LogP contribution in [0, 0.1) is 0 Å². The first kappa shape index (κ1) is 20.0. The molecule has 154 valence electrons. The van der Waals surface area contributed by atoms with Crippen LogP contribution in [0.15, 0.2) is 54.9 Å². The highest BCUT2D eigenvalue weighted by atomic mass is 16.2. The quantitative estimate of drug-likeness (QED) is 0.668. The number of benzene rings is 1. The zero-order chi connectivity index (χ0) is 21.1. The lowest BCUT2D eigenvalue weighted by Gasteiger charge is -2.31. The minimum absolute atomic E-state index is 0.0493. The summed E-state index contributed by atoms with van der Waals surface area (Å²) in [4.78, 5) is 36.8. The van der Waals surface area contributed by atoms with E-state index in [9.17, 15) is 9.59 Å². The summed E-state index contributed by atoms with van der Waals surface area (Å²) in [5.41, 5.74) is 3.60. The lowest BCUT2D eigenvalue weighted by atomic mass is 9.93. The molecule has 1 aliphatic heterocycles. The number of hydrogen-bond donors (Lipinski definition) is 0. The van der Waals surface area contributed by atoms with Crippen LogP contribution in [-0.2, 0) is 11.3 Å². The van der Waals surface area contributed by atoms with Crippen molar-refractivity contribution in [2.45, 2.75) is 32.2 Å². The molecule has 0 N–H and O–H groups in total. The molecule has 6 nitrogen and oxygen atoms in total. The Hall–Kier alpha value is -3.28. The Morgan fingerprint density at radius 3 is 2.60 bits per heavy atom. The smallest absolute Gasteiger partial charge is 0.255 e. The van der Waals surface area contributed by atoms with E-state index >= 15 is 0 Å². The first-order valence-corrected chi connectivity index (χ1v) is 10.3. The van der Waals surface area contributed by atoms with Gasteiger partial charge in [0.2, 0.25) is 5.91 Å². The molecule has 4 rings (SSSR count). The summed E-state index contributed by atoms with van der Waals surface area (Å²) in [6.45, 7) is 3.68. The molecule has 1 aliphatic rings. The van der Waals surface area contributed by atoms with Crippen molar-refractivity contribution in [3.8, 4) is 0 Å². The number of nitrogens with zero attached hydrogens (tertiary/aromatic N) is 4. The van der Waals surface area contributed by atoms with Crippen molar-refractivity contribution in [2.75, 3.05) is 20.1 Å². The van der Waals surface area contributed by atoms with Gasteiger partial charge in [-0.05, 0) is 48.7 Å². The van der Waals surface area contributed by atoms with Crippen LogP contribution in [-0.4, -0.2) is 51.7 Å². The average molecular weight is 402 g/mol. The van der Waals surface area contributed by atoms with Gasteiger partial charge in [-0.15, -0.1) is 0 Å². The minimum atomic E-state index is -0.0493. The van der Waals surface area contributed by atoms with Crippen molar-refractivity contribution >= 4 is 22.7 Å². The van der Waals surface area contributed by atoms with E-state index in [2.05, 4.69) is 16.0 Å². The fourth-order valence-corrected chi connectivity index (χ4v) is 4.05. The molecule has 30 heavy (non-hydrogen) atoms. The highest BCUT2D eigenvalue weighted by Gasteiger charge is 2.23. The van der Waals surface area contributed by atoms with Gasteiger partial charge in [0.05, 0.1) is 11.1 Å². The molecule has 1 fully saturated rings. The Kier molecular flexibility index (Phi) is 5.74. The topological polar surface area (TPSA) is 66.4 Å². The van der Waals surface area contributed by atoms with Gasteiger partial charge in [-0.1, -0.05) is 12.1 Å². The van der Waals surface area contributed by atoms with Crippen molar-refractivity contribution in [3.05, 3.63) is 71.7 Å². The number of carbonyl (C=O) groups excluding carboxylic acids is 2. The van der Waals surface area contributed by atoms with E-state index < -0.39 is 0 Å². The van der Waals surface area contributed by atoms with E-state index in [4.69, 9.17) is 0 Å². The lowest BCUT2D eigenvalue weighted by Crippen LogP contribution is -2.36. The lowest BCUT2D eigenvalue weighted by molar-refractivity contribution is -0.129. The Balaban J connectivity index is 1.39. The van der Waals surface area contributed by atoms with Gasteiger partial charge in [0.1, 0.15) is 0 Å². The maximum Gasteiger partial charge on any atom is 0.255 e. The molecule has 0 radical (unpaired) electrons. The average Bonchev–Trinajstić information content (AvgIpc) is 2.78. The van der Waals surface area contributed by atoms with E-state index in [0.717, 1.165) is 48.1 Å². The number of amides is 2. The molecule has 0 saturated carbocycles. The number of aromatic nitrogens is 2. The van der Waals surface area contributed by atoms with Crippen LogP contribution < -0.4 is 0 Å². The molecule has 0 aliphatic carbocycles. The van der Waals surface area contributed by atoms with Crippen LogP contribution in [0.25, 0.3) is 10.9 Å². The maximum absolute atomic E-state index is 12.8. The Labute approximate surface area is 176 Å². The first-order valence-electron chi connectivity index (χ1n) is 10.3. The molecule has 2 amide bonds. The molecule has 3 heterocycles. The standard InChI is InChI=1S/C24H26N4O2/c1-17(29)28-12-9-19(10-13-28)22-8-6-21(15-26-22)24(30)27(2)16-18-5-7-23-20(14-18)4-3-11-25-23/h3-8,11,14-15,19H,9-10,12-13,16H2,1-2H3. The van der Waals surface area contributed by atoms with Gasteiger partial charge >= 0.3 is 0 Å². The largest absolute Gasteiger partial charge is 0.343 e.